The van der Waals surface area contributed by atoms with Gasteiger partial charge in [0, 0.05) is 0 Å². The number of benzene rings is 2. The largest absolute Gasteiger partial charge is 0.421 e. The van der Waals surface area contributed by atoms with Crippen LogP contribution in [0.4, 0.5) is 0 Å². The number of hydrogen-bond acceptors (Lipinski definition) is 4. The van der Waals surface area contributed by atoms with Gasteiger partial charge in [0.25, 0.3) is 0 Å². The van der Waals surface area contributed by atoms with Gasteiger partial charge in [0.1, 0.15) is 5.75 Å². The summed E-state index contributed by atoms with van der Waals surface area (Å²) in [6, 6.07) is 17.0. The van der Waals surface area contributed by atoms with Crippen molar-refractivity contribution in [2.24, 2.45) is 0 Å². The van der Waals surface area contributed by atoms with Gasteiger partial charge in [-0.3, -0.25) is 0 Å². The van der Waals surface area contributed by atoms with Gasteiger partial charge in [-0.25, -0.2) is 9.78 Å². The van der Waals surface area contributed by atoms with Crippen molar-refractivity contribution in [2.75, 3.05) is 0 Å². The smallest absolute Gasteiger partial charge is 0.363 e. The minimum Gasteiger partial charge on any atom is -0.421 e. The zero-order chi connectivity index (χ0) is 15.5. The Morgan fingerprint density at radius 3 is 2.50 bits per heavy atom. The second-order valence-corrected chi connectivity index (χ2v) is 6.65. The minimum absolute atomic E-state index is 0.351. The lowest BCUT2D eigenvalue weighted by Crippen LogP contribution is -2.10. The molecular formula is C17H12BrNO2S. The van der Waals surface area contributed by atoms with Gasteiger partial charge >= 0.3 is 5.97 Å². The van der Waals surface area contributed by atoms with Gasteiger partial charge < -0.3 is 4.74 Å². The second kappa shape index (κ2) is 6.42. The molecule has 3 nitrogen and oxygen atoms in total. The van der Waals surface area contributed by atoms with Gasteiger partial charge in [0.05, 0.1) is 14.4 Å². The molecule has 0 aliphatic carbocycles. The van der Waals surface area contributed by atoms with E-state index in [9.17, 15) is 4.79 Å². The van der Waals surface area contributed by atoms with Crippen molar-refractivity contribution in [3.05, 3.63) is 69.8 Å². The van der Waals surface area contributed by atoms with Crippen LogP contribution in [-0.2, 0) is 0 Å². The molecule has 0 unspecified atom stereocenters. The van der Waals surface area contributed by atoms with E-state index in [1.165, 1.54) is 11.3 Å². The number of aromatic nitrogens is 1. The molecule has 110 valence electrons. The maximum absolute atomic E-state index is 12.5. The number of halogens is 1. The van der Waals surface area contributed by atoms with E-state index in [0.29, 0.717) is 11.4 Å². The number of esters is 1. The first-order valence-corrected chi connectivity index (χ1v) is 8.25. The van der Waals surface area contributed by atoms with Crippen LogP contribution < -0.4 is 4.74 Å². The van der Waals surface area contributed by atoms with Crippen molar-refractivity contribution in [1.29, 1.82) is 0 Å². The topological polar surface area (TPSA) is 39.2 Å². The summed E-state index contributed by atoms with van der Waals surface area (Å²) in [5.74, 6) is 0.0345. The number of ether oxygens (including phenoxy) is 1. The number of thiazole rings is 1. The molecule has 3 rings (SSSR count). The lowest BCUT2D eigenvalue weighted by Gasteiger charge is -2.06. The van der Waals surface area contributed by atoms with Crippen LogP contribution in [0.5, 0.6) is 5.75 Å². The Kier molecular flexibility index (Phi) is 4.36. The zero-order valence-electron chi connectivity index (χ0n) is 11.7. The molecule has 5 heteroatoms. The van der Waals surface area contributed by atoms with E-state index in [-0.39, 0.29) is 0 Å². The third-order valence-corrected chi connectivity index (χ3v) is 4.68. The molecule has 0 N–H and O–H groups in total. The molecule has 0 amide bonds. The molecule has 0 fully saturated rings. The predicted molar refractivity (Wildman–Crippen MR) is 91.4 cm³/mol. The van der Waals surface area contributed by atoms with E-state index < -0.39 is 5.97 Å². The Bertz CT molecular complexity index is 815. The molecule has 0 radical (unpaired) electrons. The summed E-state index contributed by atoms with van der Waals surface area (Å²) >= 11 is 4.86. The molecule has 0 saturated heterocycles. The Hall–Kier alpha value is -1.98. The number of aryl methyl sites for hydroxylation is 1. The molecule has 0 atom stereocenters. The Labute approximate surface area is 140 Å². The SMILES string of the molecule is Cc1nc(C(=O)Oc2ccccc2Br)c(-c2ccccc2)s1. The van der Waals surface area contributed by atoms with Gasteiger partial charge in [0.2, 0.25) is 0 Å². The van der Waals surface area contributed by atoms with E-state index in [1.54, 1.807) is 6.07 Å². The number of carbonyl (C=O) groups excluding carboxylic acids is 1. The Balaban J connectivity index is 1.95. The van der Waals surface area contributed by atoms with Gasteiger partial charge in [0.15, 0.2) is 5.69 Å². The highest BCUT2D eigenvalue weighted by molar-refractivity contribution is 9.10. The third-order valence-electron chi connectivity index (χ3n) is 3.00. The highest BCUT2D eigenvalue weighted by Gasteiger charge is 2.20. The van der Waals surface area contributed by atoms with E-state index in [1.807, 2.05) is 55.5 Å². The first kappa shape index (κ1) is 14.9. The van der Waals surface area contributed by atoms with Crippen molar-refractivity contribution in [3.8, 4) is 16.2 Å². The summed E-state index contributed by atoms with van der Waals surface area (Å²) in [4.78, 5) is 17.6. The van der Waals surface area contributed by atoms with E-state index >= 15 is 0 Å². The summed E-state index contributed by atoms with van der Waals surface area (Å²) in [6.07, 6.45) is 0. The number of nitrogens with zero attached hydrogens (tertiary/aromatic N) is 1. The first-order chi connectivity index (χ1) is 10.6. The Morgan fingerprint density at radius 2 is 1.77 bits per heavy atom. The number of carbonyl (C=O) groups is 1. The normalized spacial score (nSPS) is 10.5. The average Bonchev–Trinajstić information content (AvgIpc) is 2.92. The molecular weight excluding hydrogens is 362 g/mol. The molecule has 0 aliphatic rings. The molecule has 22 heavy (non-hydrogen) atoms. The summed E-state index contributed by atoms with van der Waals surface area (Å²) < 4.78 is 6.20. The highest BCUT2D eigenvalue weighted by atomic mass is 79.9. The molecule has 0 aliphatic heterocycles. The van der Waals surface area contributed by atoms with Crippen molar-refractivity contribution in [2.45, 2.75) is 6.92 Å². The highest BCUT2D eigenvalue weighted by Crippen LogP contribution is 2.32. The van der Waals surface area contributed by atoms with Crippen LogP contribution >= 0.6 is 27.3 Å². The third kappa shape index (κ3) is 3.10. The van der Waals surface area contributed by atoms with Crippen LogP contribution in [0, 0.1) is 6.92 Å². The van der Waals surface area contributed by atoms with Crippen molar-refractivity contribution in [1.82, 2.24) is 4.98 Å². The fourth-order valence-electron chi connectivity index (χ4n) is 2.03. The number of hydrogen-bond donors (Lipinski definition) is 0. The molecule has 1 aromatic heterocycles. The molecule has 0 saturated carbocycles. The van der Waals surface area contributed by atoms with Crippen LogP contribution in [-0.4, -0.2) is 11.0 Å². The fraction of sp³-hybridized carbons (Fsp3) is 0.0588. The molecule has 0 spiro atoms. The van der Waals surface area contributed by atoms with Crippen LogP contribution in [0.15, 0.2) is 59.1 Å². The second-order valence-electron chi connectivity index (χ2n) is 4.60. The van der Waals surface area contributed by atoms with E-state index in [4.69, 9.17) is 4.74 Å². The van der Waals surface area contributed by atoms with Gasteiger partial charge in [-0.2, -0.15) is 0 Å². The van der Waals surface area contributed by atoms with E-state index in [0.717, 1.165) is 19.9 Å². The maximum atomic E-state index is 12.5. The van der Waals surface area contributed by atoms with Crippen molar-refractivity contribution in [3.63, 3.8) is 0 Å². The Morgan fingerprint density at radius 1 is 1.09 bits per heavy atom. The van der Waals surface area contributed by atoms with Gasteiger partial charge in [-0.15, -0.1) is 11.3 Å². The van der Waals surface area contributed by atoms with E-state index in [2.05, 4.69) is 20.9 Å². The quantitative estimate of drug-likeness (QED) is 0.473. The standard InChI is InChI=1S/C17H12BrNO2S/c1-11-19-15(16(22-11)12-7-3-2-4-8-12)17(20)21-14-10-6-5-9-13(14)18/h2-10H,1H3. The summed E-state index contributed by atoms with van der Waals surface area (Å²) in [7, 11) is 0. The lowest BCUT2D eigenvalue weighted by molar-refractivity contribution is 0.0729. The number of para-hydroxylation sites is 1. The zero-order valence-corrected chi connectivity index (χ0v) is 14.1. The van der Waals surface area contributed by atoms with Crippen LogP contribution in [0.2, 0.25) is 0 Å². The molecule has 2 aromatic carbocycles. The minimum atomic E-state index is -0.449. The van der Waals surface area contributed by atoms with Crippen molar-refractivity contribution >= 4 is 33.2 Å². The van der Waals surface area contributed by atoms with Gasteiger partial charge in [-0.05, 0) is 40.5 Å². The first-order valence-electron chi connectivity index (χ1n) is 6.64. The summed E-state index contributed by atoms with van der Waals surface area (Å²) in [6.45, 7) is 1.88. The van der Waals surface area contributed by atoms with Crippen LogP contribution in [0.25, 0.3) is 10.4 Å². The lowest BCUT2D eigenvalue weighted by atomic mass is 10.1. The summed E-state index contributed by atoms with van der Waals surface area (Å²) in [5.41, 5.74) is 1.32. The fourth-order valence-corrected chi connectivity index (χ4v) is 3.30. The van der Waals surface area contributed by atoms with Gasteiger partial charge in [-0.1, -0.05) is 42.5 Å². The van der Waals surface area contributed by atoms with Crippen LogP contribution in [0.3, 0.4) is 0 Å². The maximum Gasteiger partial charge on any atom is 0.363 e. The molecule has 3 aromatic rings. The summed E-state index contributed by atoms with van der Waals surface area (Å²) in [5, 5.41) is 0.831. The molecule has 0 bridgehead atoms. The predicted octanol–water partition coefficient (Wildman–Crippen LogP) is 5.10. The monoisotopic (exact) mass is 373 g/mol. The molecule has 1 heterocycles. The average molecular weight is 374 g/mol. The van der Waals surface area contributed by atoms with Crippen molar-refractivity contribution < 1.29 is 9.53 Å². The number of rotatable bonds is 3. The van der Waals surface area contributed by atoms with Crippen LogP contribution in [0.1, 0.15) is 15.5 Å².